The molecule has 0 atom stereocenters. The van der Waals surface area contributed by atoms with E-state index in [2.05, 4.69) is 0 Å². The van der Waals surface area contributed by atoms with Crippen LogP contribution in [0.2, 0.25) is 0 Å². The Kier molecular flexibility index (Phi) is 4.06. The van der Waals surface area contributed by atoms with Crippen LogP contribution in [0.5, 0.6) is 11.5 Å². The first-order valence-electron chi connectivity index (χ1n) is 6.56. The van der Waals surface area contributed by atoms with E-state index in [0.717, 1.165) is 5.76 Å². The number of benzene rings is 1. The van der Waals surface area contributed by atoms with Crippen molar-refractivity contribution in [1.29, 1.82) is 0 Å². The molecule has 3 rings (SSSR count). The van der Waals surface area contributed by atoms with Crippen molar-refractivity contribution in [2.75, 3.05) is 24.7 Å². The predicted octanol–water partition coefficient (Wildman–Crippen LogP) is 2.75. The quantitative estimate of drug-likeness (QED) is 0.676. The second-order valence-electron chi connectivity index (χ2n) is 4.58. The van der Waals surface area contributed by atoms with Gasteiger partial charge < -0.3 is 19.6 Å². The molecule has 110 valence electrons. The van der Waals surface area contributed by atoms with E-state index in [9.17, 15) is 4.79 Å². The van der Waals surface area contributed by atoms with Gasteiger partial charge in [0, 0.05) is 17.3 Å². The molecule has 0 unspecified atom stereocenters. The van der Waals surface area contributed by atoms with Gasteiger partial charge in [-0.05, 0) is 18.2 Å². The van der Waals surface area contributed by atoms with Gasteiger partial charge in [-0.1, -0.05) is 0 Å². The van der Waals surface area contributed by atoms with E-state index < -0.39 is 0 Å². The van der Waals surface area contributed by atoms with Crippen molar-refractivity contribution in [3.8, 4) is 11.5 Å². The van der Waals surface area contributed by atoms with Crippen LogP contribution in [0, 0.1) is 0 Å². The molecule has 2 N–H and O–H groups in total. The Balaban J connectivity index is 1.66. The number of rotatable bonds is 5. The SMILES string of the molecule is Nc1cc2c(cc1C(=O)CSCc1ccco1)OCCO2. The smallest absolute Gasteiger partial charge is 0.174 e. The van der Waals surface area contributed by atoms with Crippen LogP contribution in [0.15, 0.2) is 34.9 Å². The van der Waals surface area contributed by atoms with E-state index in [0.29, 0.717) is 47.5 Å². The zero-order valence-electron chi connectivity index (χ0n) is 11.3. The molecule has 0 radical (unpaired) electrons. The molecule has 0 saturated heterocycles. The second kappa shape index (κ2) is 6.13. The first-order chi connectivity index (χ1) is 10.2. The number of nitrogens with two attached hydrogens (primary N) is 1. The number of ether oxygens (including phenoxy) is 2. The Hall–Kier alpha value is -2.08. The lowest BCUT2D eigenvalue weighted by Gasteiger charge is -2.19. The van der Waals surface area contributed by atoms with E-state index in [-0.39, 0.29) is 5.78 Å². The molecule has 2 heterocycles. The fourth-order valence-electron chi connectivity index (χ4n) is 2.06. The highest BCUT2D eigenvalue weighted by molar-refractivity contribution is 7.99. The summed E-state index contributed by atoms with van der Waals surface area (Å²) < 4.78 is 16.1. The molecule has 0 saturated carbocycles. The molecule has 0 fully saturated rings. The third-order valence-corrected chi connectivity index (χ3v) is 4.03. The van der Waals surface area contributed by atoms with Crippen LogP contribution < -0.4 is 15.2 Å². The standard InChI is InChI=1S/C15H15NO4S/c16-12-7-15-14(19-4-5-20-15)6-11(12)13(17)9-21-8-10-2-1-3-18-10/h1-3,6-7H,4-5,8-9,16H2. The van der Waals surface area contributed by atoms with Gasteiger partial charge in [0.25, 0.3) is 0 Å². The molecule has 1 aromatic heterocycles. The van der Waals surface area contributed by atoms with Crippen molar-refractivity contribution < 1.29 is 18.7 Å². The molecule has 0 amide bonds. The van der Waals surface area contributed by atoms with Gasteiger partial charge in [-0.2, -0.15) is 0 Å². The molecule has 2 aromatic rings. The summed E-state index contributed by atoms with van der Waals surface area (Å²) in [4.78, 5) is 12.3. The van der Waals surface area contributed by atoms with Crippen molar-refractivity contribution >= 4 is 23.2 Å². The van der Waals surface area contributed by atoms with Crippen molar-refractivity contribution in [2.24, 2.45) is 0 Å². The van der Waals surface area contributed by atoms with Gasteiger partial charge >= 0.3 is 0 Å². The molecule has 21 heavy (non-hydrogen) atoms. The number of anilines is 1. The molecular weight excluding hydrogens is 290 g/mol. The number of thioether (sulfide) groups is 1. The lowest BCUT2D eigenvalue weighted by Crippen LogP contribution is -2.17. The Morgan fingerprint density at radius 3 is 2.71 bits per heavy atom. The Morgan fingerprint density at radius 2 is 2.00 bits per heavy atom. The third-order valence-electron chi connectivity index (χ3n) is 3.07. The van der Waals surface area contributed by atoms with Gasteiger partial charge in [0.2, 0.25) is 0 Å². The van der Waals surface area contributed by atoms with Crippen LogP contribution in [0.3, 0.4) is 0 Å². The lowest BCUT2D eigenvalue weighted by molar-refractivity contribution is 0.102. The number of ketones is 1. The summed E-state index contributed by atoms with van der Waals surface area (Å²) >= 11 is 1.49. The van der Waals surface area contributed by atoms with E-state index in [1.807, 2.05) is 12.1 Å². The highest BCUT2D eigenvalue weighted by Crippen LogP contribution is 2.34. The monoisotopic (exact) mass is 305 g/mol. The van der Waals surface area contributed by atoms with Crippen LogP contribution in [0.1, 0.15) is 16.1 Å². The van der Waals surface area contributed by atoms with Crippen LogP contribution >= 0.6 is 11.8 Å². The largest absolute Gasteiger partial charge is 0.486 e. The fourth-order valence-corrected chi connectivity index (χ4v) is 2.87. The number of hydrogen-bond acceptors (Lipinski definition) is 6. The number of nitrogen functional groups attached to an aromatic ring is 1. The Morgan fingerprint density at radius 1 is 1.24 bits per heavy atom. The van der Waals surface area contributed by atoms with Gasteiger partial charge in [0.15, 0.2) is 17.3 Å². The molecule has 0 aliphatic carbocycles. The first kappa shape index (κ1) is 13.9. The number of carbonyl (C=O) groups is 1. The minimum Gasteiger partial charge on any atom is -0.486 e. The number of Topliss-reactive ketones (excluding diaryl/α,β-unsaturated/α-hetero) is 1. The minimum absolute atomic E-state index is 0.0268. The van der Waals surface area contributed by atoms with Gasteiger partial charge in [-0.25, -0.2) is 0 Å². The van der Waals surface area contributed by atoms with Crippen LogP contribution in [0.4, 0.5) is 5.69 Å². The lowest BCUT2D eigenvalue weighted by atomic mass is 10.1. The number of carbonyl (C=O) groups excluding carboxylic acids is 1. The normalized spacial score (nSPS) is 13.1. The van der Waals surface area contributed by atoms with Gasteiger partial charge in [0.1, 0.15) is 19.0 Å². The summed E-state index contributed by atoms with van der Waals surface area (Å²) in [5.74, 6) is 2.99. The van der Waals surface area contributed by atoms with E-state index in [1.54, 1.807) is 18.4 Å². The summed E-state index contributed by atoms with van der Waals surface area (Å²) in [6.07, 6.45) is 1.62. The molecule has 6 heteroatoms. The van der Waals surface area contributed by atoms with Crippen molar-refractivity contribution in [2.45, 2.75) is 5.75 Å². The van der Waals surface area contributed by atoms with E-state index >= 15 is 0 Å². The topological polar surface area (TPSA) is 74.7 Å². The predicted molar refractivity (Wildman–Crippen MR) is 81.0 cm³/mol. The van der Waals surface area contributed by atoms with Crippen molar-refractivity contribution in [3.63, 3.8) is 0 Å². The van der Waals surface area contributed by atoms with Crippen LogP contribution in [-0.2, 0) is 5.75 Å². The number of fused-ring (bicyclic) bond motifs is 1. The average molecular weight is 305 g/mol. The zero-order chi connectivity index (χ0) is 14.7. The molecular formula is C15H15NO4S. The Bertz CT molecular complexity index is 639. The van der Waals surface area contributed by atoms with Gasteiger partial charge in [-0.3, -0.25) is 4.79 Å². The summed E-state index contributed by atoms with van der Waals surface area (Å²) in [5, 5.41) is 0. The van der Waals surface area contributed by atoms with Crippen LogP contribution in [-0.4, -0.2) is 24.7 Å². The molecule has 1 aliphatic rings. The highest BCUT2D eigenvalue weighted by atomic mass is 32.2. The fraction of sp³-hybridized carbons (Fsp3) is 0.267. The maximum absolute atomic E-state index is 12.3. The second-order valence-corrected chi connectivity index (χ2v) is 5.56. The minimum atomic E-state index is -0.0268. The highest BCUT2D eigenvalue weighted by Gasteiger charge is 2.18. The average Bonchev–Trinajstić information content (AvgIpc) is 2.99. The number of furan rings is 1. The zero-order valence-corrected chi connectivity index (χ0v) is 12.2. The van der Waals surface area contributed by atoms with Crippen molar-refractivity contribution in [3.05, 3.63) is 41.9 Å². The summed E-state index contributed by atoms with van der Waals surface area (Å²) in [7, 11) is 0. The maximum Gasteiger partial charge on any atom is 0.174 e. The first-order valence-corrected chi connectivity index (χ1v) is 7.72. The Labute approximate surface area is 126 Å². The van der Waals surface area contributed by atoms with Crippen molar-refractivity contribution in [1.82, 2.24) is 0 Å². The molecule has 5 nitrogen and oxygen atoms in total. The molecule has 1 aromatic carbocycles. The third kappa shape index (κ3) is 3.16. The van der Waals surface area contributed by atoms with E-state index in [1.165, 1.54) is 11.8 Å². The number of hydrogen-bond donors (Lipinski definition) is 1. The maximum atomic E-state index is 12.3. The molecule has 0 spiro atoms. The summed E-state index contributed by atoms with van der Waals surface area (Å²) in [6, 6.07) is 7.03. The van der Waals surface area contributed by atoms with Gasteiger partial charge in [-0.15, -0.1) is 11.8 Å². The van der Waals surface area contributed by atoms with Crippen LogP contribution in [0.25, 0.3) is 0 Å². The molecule has 1 aliphatic heterocycles. The van der Waals surface area contributed by atoms with E-state index in [4.69, 9.17) is 19.6 Å². The molecule has 0 bridgehead atoms. The summed E-state index contributed by atoms with van der Waals surface area (Å²) in [5.41, 5.74) is 6.82. The van der Waals surface area contributed by atoms with Gasteiger partial charge in [0.05, 0.1) is 17.8 Å². The summed E-state index contributed by atoms with van der Waals surface area (Å²) in [6.45, 7) is 0.983.